The molecule has 0 heterocycles. The second kappa shape index (κ2) is 12.8. The van der Waals surface area contributed by atoms with Crippen molar-refractivity contribution in [1.82, 2.24) is 10.2 Å². The van der Waals surface area contributed by atoms with E-state index in [1.165, 1.54) is 12.1 Å². The van der Waals surface area contributed by atoms with E-state index in [1.54, 1.807) is 0 Å². The lowest BCUT2D eigenvalue weighted by molar-refractivity contribution is -0.137. The Kier molecular flexibility index (Phi) is 11.2. The molecule has 0 saturated carbocycles. The predicted octanol–water partition coefficient (Wildman–Crippen LogP) is 5.55. The molecule has 0 bridgehead atoms. The van der Waals surface area contributed by atoms with Gasteiger partial charge in [-0.2, -0.15) is 13.2 Å². The molecule has 1 unspecified atom stereocenters. The molecule has 0 radical (unpaired) electrons. The first-order valence-electron chi connectivity index (χ1n) is 11.0. The van der Waals surface area contributed by atoms with Gasteiger partial charge >= 0.3 is 6.18 Å². The molecule has 1 rings (SSSR count). The summed E-state index contributed by atoms with van der Waals surface area (Å²) in [5.41, 5.74) is -0.199. The zero-order chi connectivity index (χ0) is 22.7. The van der Waals surface area contributed by atoms with Gasteiger partial charge in [-0.3, -0.25) is 4.79 Å². The van der Waals surface area contributed by atoms with Crippen molar-refractivity contribution in [3.63, 3.8) is 0 Å². The number of amides is 1. The maximum absolute atomic E-state index is 12.7. The first-order valence-corrected chi connectivity index (χ1v) is 11.0. The van der Waals surface area contributed by atoms with E-state index in [1.807, 2.05) is 13.8 Å². The monoisotopic (exact) mass is 429 g/mol. The number of benzene rings is 1. The molecule has 7 heteroatoms. The van der Waals surface area contributed by atoms with Gasteiger partial charge in [0.25, 0.3) is 0 Å². The molecule has 0 saturated heterocycles. The highest BCUT2D eigenvalue weighted by Crippen LogP contribution is 2.30. The Hall–Kier alpha value is -1.76. The van der Waals surface area contributed by atoms with Gasteiger partial charge in [-0.05, 0) is 76.4 Å². The van der Waals surface area contributed by atoms with E-state index in [0.29, 0.717) is 18.3 Å². The van der Waals surface area contributed by atoms with Crippen LogP contribution in [0, 0.1) is 5.92 Å². The number of hydrogen-bond acceptors (Lipinski definition) is 3. The molecule has 4 nitrogen and oxygen atoms in total. The molecule has 0 fully saturated rings. The number of nitrogens with zero attached hydrogens (tertiary/aromatic N) is 1. The summed E-state index contributed by atoms with van der Waals surface area (Å²) in [7, 11) is 0. The molecule has 1 amide bonds. The van der Waals surface area contributed by atoms with Crippen molar-refractivity contribution in [2.45, 2.75) is 78.6 Å². The SMILES string of the molecule is CCCN(CCCCCNC(=O)C(Nc1ccc(C(F)(F)F)cc1)C(C)C)C(C)C. The number of anilines is 1. The average Bonchev–Trinajstić information content (AvgIpc) is 2.66. The molecular weight excluding hydrogens is 391 g/mol. The highest BCUT2D eigenvalue weighted by atomic mass is 19.4. The van der Waals surface area contributed by atoms with Crippen LogP contribution in [0.25, 0.3) is 0 Å². The van der Waals surface area contributed by atoms with Crippen LogP contribution in [0.4, 0.5) is 18.9 Å². The fraction of sp³-hybridized carbons (Fsp3) is 0.696. The lowest BCUT2D eigenvalue weighted by Crippen LogP contribution is -2.43. The highest BCUT2D eigenvalue weighted by molar-refractivity contribution is 5.84. The van der Waals surface area contributed by atoms with Crippen molar-refractivity contribution in [2.75, 3.05) is 25.0 Å². The fourth-order valence-electron chi connectivity index (χ4n) is 3.32. The van der Waals surface area contributed by atoms with Crippen molar-refractivity contribution >= 4 is 11.6 Å². The Balaban J connectivity index is 2.43. The maximum atomic E-state index is 12.7. The molecule has 0 aliphatic heterocycles. The largest absolute Gasteiger partial charge is 0.416 e. The van der Waals surface area contributed by atoms with Gasteiger partial charge in [0.1, 0.15) is 6.04 Å². The van der Waals surface area contributed by atoms with E-state index in [0.717, 1.165) is 50.9 Å². The van der Waals surface area contributed by atoms with Crippen LogP contribution in [0.2, 0.25) is 0 Å². The molecule has 1 aromatic rings. The van der Waals surface area contributed by atoms with E-state index >= 15 is 0 Å². The van der Waals surface area contributed by atoms with Crippen LogP contribution in [-0.2, 0) is 11.0 Å². The van der Waals surface area contributed by atoms with Gasteiger partial charge in [0.2, 0.25) is 5.91 Å². The second-order valence-corrected chi connectivity index (χ2v) is 8.42. The van der Waals surface area contributed by atoms with Crippen molar-refractivity contribution < 1.29 is 18.0 Å². The third-order valence-electron chi connectivity index (χ3n) is 5.15. The van der Waals surface area contributed by atoms with Gasteiger partial charge in [-0.1, -0.05) is 27.2 Å². The Morgan fingerprint density at radius 3 is 2.13 bits per heavy atom. The predicted molar refractivity (Wildman–Crippen MR) is 118 cm³/mol. The van der Waals surface area contributed by atoms with Crippen LogP contribution in [0.5, 0.6) is 0 Å². The minimum atomic E-state index is -4.36. The molecule has 0 aliphatic carbocycles. The van der Waals surface area contributed by atoms with Gasteiger partial charge in [0.05, 0.1) is 5.56 Å². The van der Waals surface area contributed by atoms with Crippen LogP contribution in [0.15, 0.2) is 24.3 Å². The molecule has 2 N–H and O–H groups in total. The summed E-state index contributed by atoms with van der Waals surface area (Å²) in [4.78, 5) is 15.0. The number of rotatable bonds is 13. The maximum Gasteiger partial charge on any atom is 0.416 e. The smallest absolute Gasteiger partial charge is 0.373 e. The quantitative estimate of drug-likeness (QED) is 0.404. The molecule has 0 aliphatic rings. The Morgan fingerprint density at radius 1 is 1.00 bits per heavy atom. The van der Waals surface area contributed by atoms with Crippen LogP contribution in [0.3, 0.4) is 0 Å². The summed E-state index contributed by atoms with van der Waals surface area (Å²) in [6.07, 6.45) is -0.154. The molecule has 1 atom stereocenters. The van der Waals surface area contributed by atoms with Crippen molar-refractivity contribution in [2.24, 2.45) is 5.92 Å². The summed E-state index contributed by atoms with van der Waals surface area (Å²) in [5, 5.41) is 6.03. The summed E-state index contributed by atoms with van der Waals surface area (Å²) < 4.78 is 38.1. The number of carbonyl (C=O) groups is 1. The van der Waals surface area contributed by atoms with Gasteiger partial charge in [0, 0.05) is 18.3 Å². The zero-order valence-corrected chi connectivity index (χ0v) is 19.0. The van der Waals surface area contributed by atoms with E-state index < -0.39 is 17.8 Å². The van der Waals surface area contributed by atoms with Crippen molar-refractivity contribution in [1.29, 1.82) is 0 Å². The van der Waals surface area contributed by atoms with Crippen molar-refractivity contribution in [3.8, 4) is 0 Å². The summed E-state index contributed by atoms with van der Waals surface area (Å²) >= 11 is 0. The van der Waals surface area contributed by atoms with Gasteiger partial charge < -0.3 is 15.5 Å². The summed E-state index contributed by atoms with van der Waals surface area (Å²) in [6, 6.07) is 4.83. The number of carbonyl (C=O) groups excluding carboxylic acids is 1. The highest BCUT2D eigenvalue weighted by Gasteiger charge is 2.30. The molecule has 172 valence electrons. The first-order chi connectivity index (χ1) is 14.1. The van der Waals surface area contributed by atoms with Gasteiger partial charge in [-0.15, -0.1) is 0 Å². The lowest BCUT2D eigenvalue weighted by Gasteiger charge is -2.26. The first kappa shape index (κ1) is 26.3. The lowest BCUT2D eigenvalue weighted by atomic mass is 10.0. The minimum absolute atomic E-state index is 0.000867. The third kappa shape index (κ3) is 9.37. The van der Waals surface area contributed by atoms with Crippen LogP contribution in [0.1, 0.15) is 65.9 Å². The van der Waals surface area contributed by atoms with E-state index in [-0.39, 0.29) is 11.8 Å². The average molecular weight is 430 g/mol. The normalized spacial score (nSPS) is 13.2. The zero-order valence-electron chi connectivity index (χ0n) is 19.0. The van der Waals surface area contributed by atoms with Crippen LogP contribution >= 0.6 is 0 Å². The Labute approximate surface area is 179 Å². The van der Waals surface area contributed by atoms with E-state index in [9.17, 15) is 18.0 Å². The number of halogens is 3. The van der Waals surface area contributed by atoms with Crippen LogP contribution in [-0.4, -0.2) is 42.5 Å². The fourth-order valence-corrected chi connectivity index (χ4v) is 3.32. The van der Waals surface area contributed by atoms with Gasteiger partial charge in [-0.25, -0.2) is 0 Å². The molecular formula is C23H38F3N3O. The topological polar surface area (TPSA) is 44.4 Å². The number of nitrogens with one attached hydrogen (secondary N) is 2. The number of unbranched alkanes of at least 4 members (excludes halogenated alkanes) is 2. The van der Waals surface area contributed by atoms with E-state index in [2.05, 4.69) is 36.3 Å². The standard InChI is InChI=1S/C23H38F3N3O/c1-6-15-29(18(4)5)16-9-7-8-14-27-22(30)21(17(2)3)28-20-12-10-19(11-13-20)23(24,25)26/h10-13,17-18,21,28H,6-9,14-16H2,1-5H3,(H,27,30). The summed E-state index contributed by atoms with van der Waals surface area (Å²) in [5.74, 6) is -0.124. The third-order valence-corrected chi connectivity index (χ3v) is 5.15. The number of alkyl halides is 3. The Morgan fingerprint density at radius 2 is 1.63 bits per heavy atom. The van der Waals surface area contributed by atoms with E-state index in [4.69, 9.17) is 0 Å². The second-order valence-electron chi connectivity index (χ2n) is 8.42. The van der Waals surface area contributed by atoms with Gasteiger partial charge in [0.15, 0.2) is 0 Å². The molecule has 30 heavy (non-hydrogen) atoms. The Bertz CT molecular complexity index is 615. The molecule has 0 spiro atoms. The number of hydrogen-bond donors (Lipinski definition) is 2. The molecule has 1 aromatic carbocycles. The van der Waals surface area contributed by atoms with Crippen molar-refractivity contribution in [3.05, 3.63) is 29.8 Å². The summed E-state index contributed by atoms with van der Waals surface area (Å²) in [6.45, 7) is 13.2. The molecule has 0 aromatic heterocycles. The van der Waals surface area contributed by atoms with Crippen LogP contribution < -0.4 is 10.6 Å². The minimum Gasteiger partial charge on any atom is -0.373 e.